The monoisotopic (exact) mass is 286 g/mol. The fourth-order valence-electron chi connectivity index (χ4n) is 3.09. The molecule has 110 valence electrons. The van der Waals surface area contributed by atoms with Crippen molar-refractivity contribution < 1.29 is 9.53 Å². The van der Waals surface area contributed by atoms with Gasteiger partial charge in [0.05, 0.1) is 13.2 Å². The maximum Gasteiger partial charge on any atom is 0.224 e. The summed E-state index contributed by atoms with van der Waals surface area (Å²) in [5.41, 5.74) is 0. The molecule has 4 nitrogen and oxygen atoms in total. The molecular formula is C14H26N2O2S. The van der Waals surface area contributed by atoms with Crippen molar-refractivity contribution in [2.75, 3.05) is 46.2 Å². The molecule has 5 heteroatoms. The van der Waals surface area contributed by atoms with Crippen LogP contribution in [0.4, 0.5) is 0 Å². The SMILES string of the molecule is CS[C@@H]1CCC[C@H]1N(C)CCC(=O)N1CCOCC1. The molecular weight excluding hydrogens is 260 g/mol. The van der Waals surface area contributed by atoms with Gasteiger partial charge in [-0.25, -0.2) is 0 Å². The Morgan fingerprint density at radius 1 is 1.37 bits per heavy atom. The number of amides is 1. The minimum Gasteiger partial charge on any atom is -0.378 e. The van der Waals surface area contributed by atoms with Gasteiger partial charge >= 0.3 is 0 Å². The van der Waals surface area contributed by atoms with Crippen LogP contribution in [0.25, 0.3) is 0 Å². The molecule has 0 unspecified atom stereocenters. The summed E-state index contributed by atoms with van der Waals surface area (Å²) in [4.78, 5) is 16.4. The first-order valence-electron chi connectivity index (χ1n) is 7.31. The molecule has 2 fully saturated rings. The summed E-state index contributed by atoms with van der Waals surface area (Å²) in [6.07, 6.45) is 6.79. The van der Waals surface area contributed by atoms with Crippen molar-refractivity contribution >= 4 is 17.7 Å². The van der Waals surface area contributed by atoms with Crippen molar-refractivity contribution in [1.82, 2.24) is 9.80 Å². The number of hydrogen-bond acceptors (Lipinski definition) is 4. The Balaban J connectivity index is 1.73. The van der Waals surface area contributed by atoms with Crippen molar-refractivity contribution in [3.05, 3.63) is 0 Å². The molecule has 0 radical (unpaired) electrons. The molecule has 1 aliphatic heterocycles. The number of ether oxygens (including phenoxy) is 1. The highest BCUT2D eigenvalue weighted by Crippen LogP contribution is 2.31. The van der Waals surface area contributed by atoms with Crippen LogP contribution in [0.3, 0.4) is 0 Å². The normalized spacial score (nSPS) is 28.1. The molecule has 1 saturated carbocycles. The van der Waals surface area contributed by atoms with E-state index in [0.29, 0.717) is 25.7 Å². The van der Waals surface area contributed by atoms with Crippen molar-refractivity contribution in [3.8, 4) is 0 Å². The Morgan fingerprint density at radius 3 is 2.79 bits per heavy atom. The largest absolute Gasteiger partial charge is 0.378 e. The van der Waals surface area contributed by atoms with Gasteiger partial charge in [-0.15, -0.1) is 0 Å². The molecule has 0 N–H and O–H groups in total. The predicted octanol–water partition coefficient (Wildman–Crippen LogP) is 1.45. The first-order valence-corrected chi connectivity index (χ1v) is 8.59. The summed E-state index contributed by atoms with van der Waals surface area (Å²) in [7, 11) is 2.17. The van der Waals surface area contributed by atoms with Crippen LogP contribution in [0.2, 0.25) is 0 Å². The van der Waals surface area contributed by atoms with Crippen LogP contribution in [0.1, 0.15) is 25.7 Å². The van der Waals surface area contributed by atoms with Gasteiger partial charge in [0.15, 0.2) is 0 Å². The Hall–Kier alpha value is -0.260. The first-order chi connectivity index (χ1) is 9.22. The van der Waals surface area contributed by atoms with Crippen LogP contribution >= 0.6 is 11.8 Å². The number of thioether (sulfide) groups is 1. The van der Waals surface area contributed by atoms with Crippen molar-refractivity contribution in [2.24, 2.45) is 0 Å². The second-order valence-corrected chi connectivity index (χ2v) is 6.57. The fourth-order valence-corrected chi connectivity index (χ4v) is 4.15. The quantitative estimate of drug-likeness (QED) is 0.766. The standard InChI is InChI=1S/C14H26N2O2S/c1-15(12-4-3-5-13(12)19-2)7-6-14(17)16-8-10-18-11-9-16/h12-13H,3-11H2,1-2H3/t12-,13-/m1/s1. The summed E-state index contributed by atoms with van der Waals surface area (Å²) in [6.45, 7) is 3.80. The van der Waals surface area contributed by atoms with E-state index < -0.39 is 0 Å². The molecule has 19 heavy (non-hydrogen) atoms. The van der Waals surface area contributed by atoms with Crippen molar-refractivity contribution in [2.45, 2.75) is 37.0 Å². The van der Waals surface area contributed by atoms with E-state index in [1.807, 2.05) is 16.7 Å². The third-order valence-corrected chi connectivity index (χ3v) is 5.48. The predicted molar refractivity (Wildman–Crippen MR) is 79.6 cm³/mol. The van der Waals surface area contributed by atoms with Gasteiger partial charge < -0.3 is 14.5 Å². The lowest BCUT2D eigenvalue weighted by atomic mass is 10.2. The van der Waals surface area contributed by atoms with E-state index in [1.165, 1.54) is 19.3 Å². The maximum atomic E-state index is 12.1. The van der Waals surface area contributed by atoms with Gasteiger partial charge in [0.2, 0.25) is 5.91 Å². The summed E-state index contributed by atoms with van der Waals surface area (Å²) >= 11 is 1.98. The van der Waals surface area contributed by atoms with Crippen LogP contribution in [-0.4, -0.2) is 73.2 Å². The van der Waals surface area contributed by atoms with E-state index >= 15 is 0 Å². The average molecular weight is 286 g/mol. The third-order valence-electron chi connectivity index (χ3n) is 4.33. The molecule has 1 heterocycles. The molecule has 2 rings (SSSR count). The highest BCUT2D eigenvalue weighted by molar-refractivity contribution is 7.99. The molecule has 1 saturated heterocycles. The number of nitrogens with zero attached hydrogens (tertiary/aromatic N) is 2. The zero-order valence-corrected chi connectivity index (χ0v) is 13.0. The summed E-state index contributed by atoms with van der Waals surface area (Å²) in [5.74, 6) is 0.286. The second kappa shape index (κ2) is 7.50. The minimum atomic E-state index is 0.286. The van der Waals surface area contributed by atoms with Crippen LogP contribution in [0, 0.1) is 0 Å². The smallest absolute Gasteiger partial charge is 0.224 e. The van der Waals surface area contributed by atoms with E-state index in [9.17, 15) is 4.79 Å². The highest BCUT2D eigenvalue weighted by atomic mass is 32.2. The van der Waals surface area contributed by atoms with Gasteiger partial charge in [-0.1, -0.05) is 6.42 Å². The van der Waals surface area contributed by atoms with E-state index in [0.717, 1.165) is 24.9 Å². The van der Waals surface area contributed by atoms with E-state index in [4.69, 9.17) is 4.74 Å². The van der Waals surface area contributed by atoms with Gasteiger partial charge in [0.25, 0.3) is 0 Å². The summed E-state index contributed by atoms with van der Waals surface area (Å²) < 4.78 is 5.28. The lowest BCUT2D eigenvalue weighted by molar-refractivity contribution is -0.135. The molecule has 0 spiro atoms. The zero-order valence-electron chi connectivity index (χ0n) is 12.1. The Labute approximate surface area is 120 Å². The van der Waals surface area contributed by atoms with Crippen LogP contribution < -0.4 is 0 Å². The molecule has 2 aliphatic rings. The number of morpholine rings is 1. The minimum absolute atomic E-state index is 0.286. The zero-order chi connectivity index (χ0) is 13.7. The Bertz CT molecular complexity index is 295. The molecule has 0 aromatic rings. The average Bonchev–Trinajstić information content (AvgIpc) is 2.93. The Kier molecular flexibility index (Phi) is 5.98. The molecule has 2 atom stereocenters. The number of carbonyl (C=O) groups is 1. The van der Waals surface area contributed by atoms with Gasteiger partial charge in [-0.3, -0.25) is 4.79 Å². The summed E-state index contributed by atoms with van der Waals surface area (Å²) in [5, 5.41) is 0.753. The second-order valence-electron chi connectivity index (χ2n) is 5.50. The number of rotatable bonds is 5. The van der Waals surface area contributed by atoms with Crippen LogP contribution in [0.5, 0.6) is 0 Å². The topological polar surface area (TPSA) is 32.8 Å². The first kappa shape index (κ1) is 15.1. The van der Waals surface area contributed by atoms with Gasteiger partial charge in [0.1, 0.15) is 0 Å². The van der Waals surface area contributed by atoms with Crippen LogP contribution in [-0.2, 0) is 9.53 Å². The lowest BCUT2D eigenvalue weighted by Crippen LogP contribution is -2.43. The van der Waals surface area contributed by atoms with E-state index in [-0.39, 0.29) is 5.91 Å². The lowest BCUT2D eigenvalue weighted by Gasteiger charge is -2.31. The highest BCUT2D eigenvalue weighted by Gasteiger charge is 2.30. The van der Waals surface area contributed by atoms with Gasteiger partial charge in [0, 0.05) is 37.3 Å². The maximum absolute atomic E-state index is 12.1. The van der Waals surface area contributed by atoms with E-state index in [2.05, 4.69) is 18.2 Å². The molecule has 1 amide bonds. The Morgan fingerprint density at radius 2 is 2.11 bits per heavy atom. The van der Waals surface area contributed by atoms with Gasteiger partial charge in [-0.05, 0) is 26.1 Å². The van der Waals surface area contributed by atoms with Gasteiger partial charge in [-0.2, -0.15) is 11.8 Å². The van der Waals surface area contributed by atoms with E-state index in [1.54, 1.807) is 0 Å². The summed E-state index contributed by atoms with van der Waals surface area (Å²) in [6, 6.07) is 0.660. The van der Waals surface area contributed by atoms with Crippen molar-refractivity contribution in [3.63, 3.8) is 0 Å². The number of carbonyl (C=O) groups excluding carboxylic acids is 1. The molecule has 0 aromatic heterocycles. The van der Waals surface area contributed by atoms with Crippen LogP contribution in [0.15, 0.2) is 0 Å². The number of hydrogen-bond donors (Lipinski definition) is 0. The molecule has 1 aliphatic carbocycles. The molecule has 0 bridgehead atoms. The molecule has 0 aromatic carbocycles. The fraction of sp³-hybridized carbons (Fsp3) is 0.929. The van der Waals surface area contributed by atoms with Crippen molar-refractivity contribution in [1.29, 1.82) is 0 Å². The third kappa shape index (κ3) is 4.10.